The van der Waals surface area contributed by atoms with Crippen LogP contribution in [-0.2, 0) is 0 Å². The lowest BCUT2D eigenvalue weighted by Crippen LogP contribution is -2.20. The summed E-state index contributed by atoms with van der Waals surface area (Å²) >= 11 is 0. The molecule has 0 aromatic rings. The van der Waals surface area contributed by atoms with Crippen LogP contribution >= 0.6 is 0 Å². The third-order valence-corrected chi connectivity index (χ3v) is 1.12. The zero-order valence-corrected chi connectivity index (χ0v) is 4.78. The summed E-state index contributed by atoms with van der Waals surface area (Å²) in [4.78, 5) is 0. The monoisotopic (exact) mass is 100 g/mol. The van der Waals surface area contributed by atoms with Gasteiger partial charge in [0.05, 0.1) is 13.8 Å². The lowest BCUT2D eigenvalue weighted by atomic mass is 10.0. The molecule has 0 heterocycles. The van der Waals surface area contributed by atoms with Crippen molar-refractivity contribution < 1.29 is 5.11 Å². The van der Waals surface area contributed by atoms with Crippen LogP contribution in [0.25, 0.3) is 0 Å². The summed E-state index contributed by atoms with van der Waals surface area (Å²) < 4.78 is 0. The summed E-state index contributed by atoms with van der Waals surface area (Å²) in [5.74, 6) is 0. The Kier molecular flexibility index (Phi) is 2.03. The van der Waals surface area contributed by atoms with Gasteiger partial charge in [0.15, 0.2) is 6.42 Å². The summed E-state index contributed by atoms with van der Waals surface area (Å²) in [6, 6.07) is 0. The van der Waals surface area contributed by atoms with Crippen LogP contribution in [0.3, 0.4) is 0 Å². The minimum absolute atomic E-state index is 0.490. The molecule has 0 radical (unpaired) electrons. The molecular formula is C6H12O+2. The minimum atomic E-state index is -0.778. The molecule has 1 atom stereocenters. The topological polar surface area (TPSA) is 20.2 Å². The average Bonchev–Trinajstić information content (AvgIpc) is 1.68. The third kappa shape index (κ3) is 2.40. The molecule has 0 aliphatic carbocycles. The van der Waals surface area contributed by atoms with Crippen LogP contribution in [0, 0.1) is 13.8 Å². The molecule has 0 rings (SSSR count). The molecule has 0 aliphatic rings. The van der Waals surface area contributed by atoms with Crippen LogP contribution in [0.1, 0.15) is 19.8 Å². The van der Waals surface area contributed by atoms with Gasteiger partial charge in [0.25, 0.3) is 0 Å². The maximum atomic E-state index is 8.96. The van der Waals surface area contributed by atoms with Gasteiger partial charge < -0.3 is 5.11 Å². The molecule has 7 heavy (non-hydrogen) atoms. The van der Waals surface area contributed by atoms with Gasteiger partial charge in [-0.1, -0.05) is 6.92 Å². The smallest absolute Gasteiger partial charge is 0.242 e. The van der Waals surface area contributed by atoms with Gasteiger partial charge in [0.2, 0.25) is 5.60 Å². The van der Waals surface area contributed by atoms with E-state index in [2.05, 4.69) is 13.8 Å². The van der Waals surface area contributed by atoms with Gasteiger partial charge in [-0.05, 0) is 0 Å². The summed E-state index contributed by atoms with van der Waals surface area (Å²) in [6.07, 6.45) is 1.17. The summed E-state index contributed by atoms with van der Waals surface area (Å²) in [7, 11) is 0. The Morgan fingerprint density at radius 2 is 2.14 bits per heavy atom. The molecule has 1 heteroatoms. The lowest BCUT2D eigenvalue weighted by molar-refractivity contribution is 0.0864. The summed E-state index contributed by atoms with van der Waals surface area (Å²) in [6.45, 7) is 8.90. The highest BCUT2D eigenvalue weighted by molar-refractivity contribution is 4.79. The number of hydrogen-bond acceptors (Lipinski definition) is 1. The molecule has 0 aliphatic heterocycles. The standard InChI is InChI=1S/C6H12O/c1-4-6(3,7)5-2/h7H,1,3-5H2,2H3/q+2. The van der Waals surface area contributed by atoms with Crippen LogP contribution in [-0.4, -0.2) is 10.7 Å². The molecular weight excluding hydrogens is 88.1 g/mol. The maximum Gasteiger partial charge on any atom is 0.242 e. The molecule has 0 spiro atoms. The van der Waals surface area contributed by atoms with Crippen LogP contribution < -0.4 is 0 Å². The predicted octanol–water partition coefficient (Wildman–Crippen LogP) is 1.19. The fourth-order valence-electron chi connectivity index (χ4n) is 0.177. The van der Waals surface area contributed by atoms with Crippen molar-refractivity contribution in [3.05, 3.63) is 13.8 Å². The van der Waals surface area contributed by atoms with Crippen LogP contribution in [0.15, 0.2) is 0 Å². The largest absolute Gasteiger partial charge is 0.348 e. The van der Waals surface area contributed by atoms with Crippen molar-refractivity contribution in [3.8, 4) is 0 Å². The van der Waals surface area contributed by atoms with Gasteiger partial charge in [-0.3, -0.25) is 0 Å². The van der Waals surface area contributed by atoms with Crippen LogP contribution in [0.2, 0.25) is 0 Å². The molecule has 40 valence electrons. The fraction of sp³-hybridized carbons (Fsp3) is 0.667. The average molecular weight is 100 g/mol. The van der Waals surface area contributed by atoms with Crippen LogP contribution in [0.5, 0.6) is 0 Å². The Morgan fingerprint density at radius 1 is 1.71 bits per heavy atom. The van der Waals surface area contributed by atoms with Crippen molar-refractivity contribution in [2.75, 3.05) is 0 Å². The quantitative estimate of drug-likeness (QED) is 0.517. The highest BCUT2D eigenvalue weighted by Gasteiger charge is 2.26. The Labute approximate surface area is 45.4 Å². The molecule has 0 saturated carbocycles. The Morgan fingerprint density at radius 3 is 2.14 bits per heavy atom. The highest BCUT2D eigenvalue weighted by Crippen LogP contribution is 2.10. The summed E-state index contributed by atoms with van der Waals surface area (Å²) in [5.41, 5.74) is -0.778. The first-order chi connectivity index (χ1) is 3.12. The summed E-state index contributed by atoms with van der Waals surface area (Å²) in [5, 5.41) is 8.96. The Balaban J connectivity index is 3.36. The first-order valence-corrected chi connectivity index (χ1v) is 2.49. The van der Waals surface area contributed by atoms with Gasteiger partial charge in [-0.2, -0.15) is 0 Å². The molecule has 0 fully saturated rings. The first-order valence-electron chi connectivity index (χ1n) is 2.49. The molecule has 0 aromatic heterocycles. The van der Waals surface area contributed by atoms with Crippen LogP contribution in [0.4, 0.5) is 0 Å². The molecule has 1 nitrogen and oxygen atoms in total. The van der Waals surface area contributed by atoms with Gasteiger partial charge in [-0.25, -0.2) is 0 Å². The zero-order chi connectivity index (χ0) is 5.91. The van der Waals surface area contributed by atoms with Gasteiger partial charge in [0, 0.05) is 6.42 Å². The van der Waals surface area contributed by atoms with Gasteiger partial charge >= 0.3 is 0 Å². The van der Waals surface area contributed by atoms with E-state index in [0.29, 0.717) is 12.8 Å². The van der Waals surface area contributed by atoms with Crippen molar-refractivity contribution >= 4 is 0 Å². The lowest BCUT2D eigenvalue weighted by Gasteiger charge is -2.04. The van der Waals surface area contributed by atoms with E-state index in [9.17, 15) is 0 Å². The second-order valence-electron chi connectivity index (χ2n) is 1.83. The number of aliphatic hydroxyl groups is 1. The normalized spacial score (nSPS) is 18.6. The van der Waals surface area contributed by atoms with Crippen molar-refractivity contribution in [2.24, 2.45) is 0 Å². The molecule has 1 N–H and O–H groups in total. The van der Waals surface area contributed by atoms with E-state index >= 15 is 0 Å². The Hall–Kier alpha value is -0.300. The van der Waals surface area contributed by atoms with E-state index in [4.69, 9.17) is 5.11 Å². The third-order valence-electron chi connectivity index (χ3n) is 1.12. The van der Waals surface area contributed by atoms with Gasteiger partial charge in [-0.15, -0.1) is 0 Å². The second-order valence-corrected chi connectivity index (χ2v) is 1.83. The van der Waals surface area contributed by atoms with E-state index in [1.165, 1.54) is 0 Å². The van der Waals surface area contributed by atoms with Crippen molar-refractivity contribution in [1.82, 2.24) is 0 Å². The maximum absolute atomic E-state index is 8.96. The van der Waals surface area contributed by atoms with E-state index in [1.54, 1.807) is 0 Å². The molecule has 0 amide bonds. The fourth-order valence-corrected chi connectivity index (χ4v) is 0.177. The van der Waals surface area contributed by atoms with Crippen molar-refractivity contribution in [2.45, 2.75) is 25.4 Å². The minimum Gasteiger partial charge on any atom is -0.348 e. The predicted molar refractivity (Wildman–Crippen MR) is 30.6 cm³/mol. The zero-order valence-electron chi connectivity index (χ0n) is 4.78. The van der Waals surface area contributed by atoms with E-state index in [1.807, 2.05) is 6.92 Å². The van der Waals surface area contributed by atoms with E-state index in [-0.39, 0.29) is 0 Å². The van der Waals surface area contributed by atoms with Crippen molar-refractivity contribution in [1.29, 1.82) is 0 Å². The van der Waals surface area contributed by atoms with Crippen molar-refractivity contribution in [3.63, 3.8) is 0 Å². The van der Waals surface area contributed by atoms with E-state index < -0.39 is 5.60 Å². The number of hydrogen-bond donors (Lipinski definition) is 1. The first kappa shape index (κ1) is 6.70. The highest BCUT2D eigenvalue weighted by atomic mass is 16.3. The second kappa shape index (κ2) is 2.12. The van der Waals surface area contributed by atoms with E-state index in [0.717, 1.165) is 0 Å². The molecule has 1 unspecified atom stereocenters. The molecule has 0 saturated heterocycles. The Bertz CT molecular complexity index is 42.1. The number of rotatable bonds is 2. The van der Waals surface area contributed by atoms with Gasteiger partial charge in [0.1, 0.15) is 0 Å². The molecule has 0 bridgehead atoms. The molecule has 0 aromatic carbocycles. The SMILES string of the molecule is [CH2+]CC([CH2+])(O)CC.